The van der Waals surface area contributed by atoms with Crippen LogP contribution in [0.15, 0.2) is 41.8 Å². The zero-order valence-corrected chi connectivity index (χ0v) is 20.3. The maximum Gasteiger partial charge on any atom is 0.296 e. The molecule has 1 aliphatic rings. The monoisotopic (exact) mass is 496 g/mol. The molecule has 0 aliphatic carbocycles. The Morgan fingerprint density at radius 1 is 1.31 bits per heavy atom. The molecule has 3 aromatic rings. The Morgan fingerprint density at radius 3 is 2.83 bits per heavy atom. The minimum atomic E-state index is -0.785. The lowest BCUT2D eigenvalue weighted by atomic mass is 10.1. The van der Waals surface area contributed by atoms with Crippen molar-refractivity contribution in [3.63, 3.8) is 0 Å². The molecule has 0 spiro atoms. The average Bonchev–Trinajstić information content (AvgIpc) is 3.31. The van der Waals surface area contributed by atoms with Crippen LogP contribution in [-0.2, 0) is 16.0 Å². The molecule has 4 rings (SSSR count). The fourth-order valence-electron chi connectivity index (χ4n) is 3.73. The predicted molar refractivity (Wildman–Crippen MR) is 132 cm³/mol. The maximum atomic E-state index is 13.0. The van der Waals surface area contributed by atoms with Gasteiger partial charge in [-0.15, -0.1) is 11.3 Å². The number of nitrogens with zero attached hydrogens (tertiary/aromatic N) is 3. The Labute approximate surface area is 205 Å². The summed E-state index contributed by atoms with van der Waals surface area (Å²) in [5, 5.41) is 17.0. The quantitative estimate of drug-likeness (QED) is 0.361. The van der Waals surface area contributed by atoms with Gasteiger partial charge in [0.05, 0.1) is 34.5 Å². The second-order valence-corrected chi connectivity index (χ2v) is 8.87. The van der Waals surface area contributed by atoms with Gasteiger partial charge in [-0.1, -0.05) is 6.92 Å². The summed E-state index contributed by atoms with van der Waals surface area (Å²) in [7, 11) is 1.39. The number of amides is 2. The molecular formula is C24H24N4O6S. The van der Waals surface area contributed by atoms with E-state index in [2.05, 4.69) is 17.2 Å². The molecule has 1 unspecified atom stereocenters. The van der Waals surface area contributed by atoms with Gasteiger partial charge in [0, 0.05) is 10.9 Å². The highest BCUT2D eigenvalue weighted by Crippen LogP contribution is 2.38. The Hall–Kier alpha value is -3.99. The number of hydrogen-bond donors (Lipinski definition) is 1. The van der Waals surface area contributed by atoms with E-state index in [0.29, 0.717) is 11.4 Å². The minimum Gasteiger partial charge on any atom is -0.496 e. The van der Waals surface area contributed by atoms with E-state index in [1.54, 1.807) is 30.4 Å². The van der Waals surface area contributed by atoms with Gasteiger partial charge in [0.25, 0.3) is 11.6 Å². The van der Waals surface area contributed by atoms with Crippen molar-refractivity contribution in [1.29, 1.82) is 0 Å². The molecule has 1 N–H and O–H groups in total. The summed E-state index contributed by atoms with van der Waals surface area (Å²) >= 11 is 1.58. The predicted octanol–water partition coefficient (Wildman–Crippen LogP) is 4.43. The highest BCUT2D eigenvalue weighted by molar-refractivity contribution is 7.09. The van der Waals surface area contributed by atoms with E-state index in [-0.39, 0.29) is 29.6 Å². The van der Waals surface area contributed by atoms with Gasteiger partial charge in [-0.2, -0.15) is 0 Å². The number of carbonyl (C=O) groups excluding carboxylic acids is 2. The molecule has 0 saturated carbocycles. The standard InChI is InChI=1S/C24H24N4O6S/c1-4-5-23-26-18(13-35-23)15-6-9-21-20(10-15)27(24(30)14(2)34-21)12-22(29)25-17-8-7-16(33-3)11-19(17)28(31)32/h6-11,13-14H,4-5,12H2,1-3H3,(H,25,29). The van der Waals surface area contributed by atoms with Gasteiger partial charge in [0.15, 0.2) is 6.10 Å². The topological polar surface area (TPSA) is 124 Å². The van der Waals surface area contributed by atoms with Crippen molar-refractivity contribution in [1.82, 2.24) is 4.98 Å². The van der Waals surface area contributed by atoms with Gasteiger partial charge >= 0.3 is 0 Å². The summed E-state index contributed by atoms with van der Waals surface area (Å²) in [6, 6.07) is 9.51. The number of ether oxygens (including phenoxy) is 2. The number of nitro benzene ring substituents is 1. The summed E-state index contributed by atoms with van der Waals surface area (Å²) in [4.78, 5) is 42.7. The molecule has 2 aromatic carbocycles. The van der Waals surface area contributed by atoms with Crippen LogP contribution >= 0.6 is 11.3 Å². The molecule has 2 heterocycles. The van der Waals surface area contributed by atoms with Crippen LogP contribution in [0, 0.1) is 10.1 Å². The zero-order chi connectivity index (χ0) is 25.1. The molecule has 0 radical (unpaired) electrons. The molecule has 10 nitrogen and oxygen atoms in total. The van der Waals surface area contributed by atoms with Crippen LogP contribution in [-0.4, -0.2) is 41.5 Å². The van der Waals surface area contributed by atoms with Crippen molar-refractivity contribution in [2.75, 3.05) is 23.9 Å². The van der Waals surface area contributed by atoms with Crippen LogP contribution in [0.2, 0.25) is 0 Å². The van der Waals surface area contributed by atoms with Gasteiger partial charge in [-0.3, -0.25) is 24.6 Å². The average molecular weight is 497 g/mol. The lowest BCUT2D eigenvalue weighted by Gasteiger charge is -2.32. The minimum absolute atomic E-state index is 0.00876. The maximum absolute atomic E-state index is 13.0. The molecule has 1 atom stereocenters. The second kappa shape index (κ2) is 10.1. The number of anilines is 2. The first kappa shape index (κ1) is 24.1. The highest BCUT2D eigenvalue weighted by Gasteiger charge is 2.33. The summed E-state index contributed by atoms with van der Waals surface area (Å²) in [5.41, 5.74) is 1.72. The number of thiazole rings is 1. The van der Waals surface area contributed by atoms with Gasteiger partial charge < -0.3 is 14.8 Å². The molecular weight excluding hydrogens is 472 g/mol. The first-order chi connectivity index (χ1) is 16.8. The van der Waals surface area contributed by atoms with Gasteiger partial charge in [0.1, 0.15) is 23.7 Å². The van der Waals surface area contributed by atoms with Crippen LogP contribution in [0.3, 0.4) is 0 Å². The van der Waals surface area contributed by atoms with Crippen molar-refractivity contribution in [2.24, 2.45) is 0 Å². The van der Waals surface area contributed by atoms with Crippen molar-refractivity contribution in [2.45, 2.75) is 32.8 Å². The van der Waals surface area contributed by atoms with Crippen molar-refractivity contribution in [3.8, 4) is 22.8 Å². The third-order valence-corrected chi connectivity index (χ3v) is 6.36. The normalized spacial score (nSPS) is 14.8. The van der Waals surface area contributed by atoms with E-state index in [4.69, 9.17) is 9.47 Å². The molecule has 2 amide bonds. The summed E-state index contributed by atoms with van der Waals surface area (Å²) in [5.74, 6) is -0.222. The number of carbonyl (C=O) groups is 2. The van der Waals surface area contributed by atoms with E-state index in [0.717, 1.165) is 29.1 Å². The Bertz CT molecular complexity index is 1290. The fourth-order valence-corrected chi connectivity index (χ4v) is 4.64. The number of fused-ring (bicyclic) bond motifs is 1. The summed E-state index contributed by atoms with van der Waals surface area (Å²) in [6.45, 7) is 3.35. The number of aromatic nitrogens is 1. The highest BCUT2D eigenvalue weighted by atomic mass is 32.1. The first-order valence-electron chi connectivity index (χ1n) is 11.0. The van der Waals surface area contributed by atoms with E-state index in [1.165, 1.54) is 30.2 Å². The van der Waals surface area contributed by atoms with Crippen LogP contribution in [0.1, 0.15) is 25.3 Å². The van der Waals surface area contributed by atoms with Crippen molar-refractivity contribution >= 4 is 40.2 Å². The fraction of sp³-hybridized carbons (Fsp3) is 0.292. The number of hydrogen-bond acceptors (Lipinski definition) is 8. The van der Waals surface area contributed by atoms with Crippen molar-refractivity contribution < 1.29 is 24.0 Å². The molecule has 1 aliphatic heterocycles. The molecule has 1 aromatic heterocycles. The third-order valence-electron chi connectivity index (χ3n) is 5.46. The summed E-state index contributed by atoms with van der Waals surface area (Å²) < 4.78 is 10.8. The van der Waals surface area contributed by atoms with Gasteiger partial charge in [-0.25, -0.2) is 4.98 Å². The molecule has 11 heteroatoms. The van der Waals surface area contributed by atoms with Crippen LogP contribution in [0.4, 0.5) is 17.1 Å². The number of rotatable bonds is 8. The van der Waals surface area contributed by atoms with Crippen LogP contribution in [0.25, 0.3) is 11.3 Å². The third kappa shape index (κ3) is 5.09. The number of aryl methyl sites for hydroxylation is 1. The smallest absolute Gasteiger partial charge is 0.296 e. The first-order valence-corrected chi connectivity index (χ1v) is 11.9. The zero-order valence-electron chi connectivity index (χ0n) is 19.4. The Morgan fingerprint density at radius 2 is 2.11 bits per heavy atom. The van der Waals surface area contributed by atoms with E-state index in [1.807, 2.05) is 11.4 Å². The van der Waals surface area contributed by atoms with E-state index >= 15 is 0 Å². The van der Waals surface area contributed by atoms with Crippen molar-refractivity contribution in [3.05, 3.63) is 56.9 Å². The molecule has 182 valence electrons. The van der Waals surface area contributed by atoms with E-state index < -0.39 is 16.9 Å². The largest absolute Gasteiger partial charge is 0.496 e. The molecule has 35 heavy (non-hydrogen) atoms. The lowest BCUT2D eigenvalue weighted by Crippen LogP contribution is -2.47. The number of methoxy groups -OCH3 is 1. The molecule has 0 fully saturated rings. The molecule has 0 saturated heterocycles. The number of benzene rings is 2. The SMILES string of the molecule is CCCc1nc(-c2ccc3c(c2)N(CC(=O)Nc2ccc(OC)cc2[N+](=O)[O-])C(=O)C(C)O3)cs1. The second-order valence-electron chi connectivity index (χ2n) is 7.93. The van der Waals surface area contributed by atoms with Gasteiger partial charge in [-0.05, 0) is 50.1 Å². The van der Waals surface area contributed by atoms with Crippen LogP contribution < -0.4 is 19.7 Å². The lowest BCUT2D eigenvalue weighted by molar-refractivity contribution is -0.384. The Balaban J connectivity index is 1.61. The Kier molecular flexibility index (Phi) is 6.97. The van der Waals surface area contributed by atoms with Crippen LogP contribution in [0.5, 0.6) is 11.5 Å². The number of nitrogens with one attached hydrogen (secondary N) is 1. The summed E-state index contributed by atoms with van der Waals surface area (Å²) in [6.07, 6.45) is 1.09. The van der Waals surface area contributed by atoms with E-state index in [9.17, 15) is 19.7 Å². The number of nitro groups is 1. The van der Waals surface area contributed by atoms with Gasteiger partial charge in [0.2, 0.25) is 5.91 Å². The molecule has 0 bridgehead atoms.